The second kappa shape index (κ2) is 11.7. The van der Waals surface area contributed by atoms with Gasteiger partial charge >= 0.3 is 11.9 Å². The number of hydrogen-bond donors (Lipinski definition) is 1. The number of phenolic OH excluding ortho intramolecular Hbond substituents is 1. The van der Waals surface area contributed by atoms with Gasteiger partial charge in [0.2, 0.25) is 0 Å². The average molecular weight is 542 g/mol. The van der Waals surface area contributed by atoms with Gasteiger partial charge in [0.05, 0.1) is 30.8 Å². The number of carbonyl (C=O) groups is 2. The molecule has 2 bridgehead atoms. The van der Waals surface area contributed by atoms with Gasteiger partial charge in [-0.15, -0.1) is 0 Å². The highest BCUT2D eigenvalue weighted by atomic mass is 28.3. The summed E-state index contributed by atoms with van der Waals surface area (Å²) >= 11 is 0. The molecule has 1 fully saturated rings. The quantitative estimate of drug-likeness (QED) is 0.234. The minimum absolute atomic E-state index is 0.0674. The third-order valence-electron chi connectivity index (χ3n) is 7.19. The molecule has 0 saturated heterocycles. The minimum Gasteiger partial charge on any atom is -0.508 e. The number of rotatable bonds is 10. The lowest BCUT2D eigenvalue weighted by atomic mass is 9.55. The maximum absolute atomic E-state index is 13.5. The van der Waals surface area contributed by atoms with Gasteiger partial charge < -0.3 is 19.4 Å². The third-order valence-corrected chi connectivity index (χ3v) is 8.89. The van der Waals surface area contributed by atoms with E-state index < -0.39 is 37.8 Å². The summed E-state index contributed by atoms with van der Waals surface area (Å²) in [6, 6.07) is 11.8. The lowest BCUT2D eigenvalue weighted by molar-refractivity contribution is -0.163. The number of nitrogens with zero attached hydrogens (tertiary/aromatic N) is 1. The smallest absolute Gasteiger partial charge is 0.310 e. The highest BCUT2D eigenvalue weighted by Gasteiger charge is 2.57. The monoisotopic (exact) mass is 541 g/mol. The number of benzene rings is 2. The van der Waals surface area contributed by atoms with Gasteiger partial charge in [-0.25, -0.2) is 4.39 Å². The van der Waals surface area contributed by atoms with Gasteiger partial charge in [-0.2, -0.15) is 0 Å². The minimum atomic E-state index is -1.42. The van der Waals surface area contributed by atoms with Crippen LogP contribution in [0.3, 0.4) is 0 Å². The maximum atomic E-state index is 13.5. The van der Waals surface area contributed by atoms with Crippen molar-refractivity contribution in [2.75, 3.05) is 13.2 Å². The fourth-order valence-corrected chi connectivity index (χ4v) is 6.01. The van der Waals surface area contributed by atoms with Gasteiger partial charge in [0.15, 0.2) is 0 Å². The average Bonchev–Trinajstić information content (AvgIpc) is 2.87. The molecule has 4 atom stereocenters. The van der Waals surface area contributed by atoms with Gasteiger partial charge in [-0.05, 0) is 59.8 Å². The Kier molecular flexibility index (Phi) is 8.55. The molecule has 0 amide bonds. The summed E-state index contributed by atoms with van der Waals surface area (Å²) in [4.78, 5) is 32.6. The predicted molar refractivity (Wildman–Crippen MR) is 144 cm³/mol. The molecule has 1 N–H and O–H groups in total. The molecule has 1 saturated carbocycles. The molecule has 204 valence electrons. The summed E-state index contributed by atoms with van der Waals surface area (Å²) < 4.78 is 24.6. The first kappa shape index (κ1) is 27.8. The molecule has 0 spiro atoms. The summed E-state index contributed by atoms with van der Waals surface area (Å²) in [5.41, 5.74) is 3.00. The first-order valence-corrected chi connectivity index (χ1v) is 16.9. The molecule has 7 nitrogen and oxygen atoms in total. The van der Waals surface area contributed by atoms with Crippen LogP contribution < -0.4 is 0 Å². The van der Waals surface area contributed by atoms with Gasteiger partial charge in [0, 0.05) is 19.9 Å². The fourth-order valence-electron chi connectivity index (χ4n) is 5.30. The molecule has 38 heavy (non-hydrogen) atoms. The van der Waals surface area contributed by atoms with Crippen molar-refractivity contribution in [3.05, 3.63) is 65.0 Å². The zero-order chi connectivity index (χ0) is 27.4. The Bertz CT molecular complexity index is 1190. The molecule has 0 aliphatic heterocycles. The van der Waals surface area contributed by atoms with E-state index >= 15 is 0 Å². The van der Waals surface area contributed by atoms with Crippen LogP contribution in [0, 0.1) is 17.7 Å². The Balaban J connectivity index is 1.66. The Labute approximate surface area is 224 Å². The number of oxime groups is 1. The van der Waals surface area contributed by atoms with E-state index in [1.807, 2.05) is 13.0 Å². The van der Waals surface area contributed by atoms with Crippen molar-refractivity contribution in [3.8, 4) is 5.75 Å². The van der Waals surface area contributed by atoms with Crippen LogP contribution in [0.2, 0.25) is 25.7 Å². The van der Waals surface area contributed by atoms with Crippen LogP contribution in [0.25, 0.3) is 0 Å². The molecular weight excluding hydrogens is 505 g/mol. The molecule has 2 aromatic carbocycles. The summed E-state index contributed by atoms with van der Waals surface area (Å²) in [6.45, 7) is 9.24. The molecule has 0 heterocycles. The number of ether oxygens (including phenoxy) is 2. The fraction of sp³-hybridized carbons (Fsp3) is 0.483. The molecule has 0 aromatic heterocycles. The van der Waals surface area contributed by atoms with Gasteiger partial charge in [0.1, 0.15) is 18.2 Å². The van der Waals surface area contributed by atoms with E-state index in [2.05, 4.69) is 24.8 Å². The lowest BCUT2D eigenvalue weighted by Gasteiger charge is -2.47. The Morgan fingerprint density at radius 3 is 2.37 bits per heavy atom. The summed E-state index contributed by atoms with van der Waals surface area (Å²) in [5, 5.41) is 14.7. The van der Waals surface area contributed by atoms with E-state index in [1.54, 1.807) is 24.3 Å². The molecule has 3 aliphatic rings. The van der Waals surface area contributed by atoms with Crippen molar-refractivity contribution in [1.82, 2.24) is 0 Å². The Morgan fingerprint density at radius 1 is 1.00 bits per heavy atom. The first-order chi connectivity index (χ1) is 18.1. The normalized spacial score (nSPS) is 23.1. The van der Waals surface area contributed by atoms with Gasteiger partial charge in [-0.3, -0.25) is 9.59 Å². The standard InChI is InChI=1S/C29H36FNO6Si/c1-5-12-35-29(34)27-25-22-15-20(32)10-11-21(22)23(26(27)28(33)36-13-14-38(2,3)4)16-24(25)31-37-17-18-6-8-19(30)9-7-18/h6-11,15,23,25-27,32H,5,12-14,16-17H2,1-4H3/b31-24-/t23?,25-,26-,27-/m1/s1. The molecule has 0 radical (unpaired) electrons. The van der Waals surface area contributed by atoms with Crippen molar-refractivity contribution < 1.29 is 33.4 Å². The molecular formula is C29H36FNO6Si. The zero-order valence-corrected chi connectivity index (χ0v) is 23.4. The van der Waals surface area contributed by atoms with Crippen LogP contribution >= 0.6 is 0 Å². The number of phenols is 1. The SMILES string of the molecule is CCCOC(=O)[C@H]1[C@H](C(=O)OCC[Si](C)(C)C)C2C/C(=N/OCc3ccc(F)cc3)[C@H]1c1cc(O)ccc12. The highest BCUT2D eigenvalue weighted by Crippen LogP contribution is 2.56. The predicted octanol–water partition coefficient (Wildman–Crippen LogP) is 5.76. The zero-order valence-electron chi connectivity index (χ0n) is 22.4. The van der Waals surface area contributed by atoms with Crippen molar-refractivity contribution in [2.45, 2.75) is 63.9 Å². The molecule has 1 unspecified atom stereocenters. The van der Waals surface area contributed by atoms with Crippen LogP contribution in [0.4, 0.5) is 4.39 Å². The van der Waals surface area contributed by atoms with E-state index in [9.17, 15) is 19.1 Å². The number of halogens is 1. The van der Waals surface area contributed by atoms with E-state index in [-0.39, 0.29) is 30.7 Å². The largest absolute Gasteiger partial charge is 0.508 e. The summed E-state index contributed by atoms with van der Waals surface area (Å²) in [6.07, 6.45) is 1.06. The van der Waals surface area contributed by atoms with Crippen LogP contribution in [-0.4, -0.2) is 44.0 Å². The number of hydrogen-bond acceptors (Lipinski definition) is 7. The topological polar surface area (TPSA) is 94.4 Å². The van der Waals surface area contributed by atoms with Crippen molar-refractivity contribution in [1.29, 1.82) is 0 Å². The van der Waals surface area contributed by atoms with Gasteiger partial charge in [-0.1, -0.05) is 49.9 Å². The molecule has 5 rings (SSSR count). The number of fused-ring (bicyclic) bond motifs is 2. The van der Waals surface area contributed by atoms with E-state index in [0.717, 1.165) is 22.7 Å². The molecule has 3 aliphatic carbocycles. The second-order valence-corrected chi connectivity index (χ2v) is 16.9. The van der Waals surface area contributed by atoms with Crippen LogP contribution in [0.5, 0.6) is 5.75 Å². The van der Waals surface area contributed by atoms with E-state index in [1.165, 1.54) is 12.1 Å². The van der Waals surface area contributed by atoms with Crippen molar-refractivity contribution in [2.24, 2.45) is 17.0 Å². The summed E-state index contributed by atoms with van der Waals surface area (Å²) in [7, 11) is -1.42. The van der Waals surface area contributed by atoms with Crippen LogP contribution in [-0.2, 0) is 30.5 Å². The highest BCUT2D eigenvalue weighted by molar-refractivity contribution is 6.76. The Hall–Kier alpha value is -3.20. The van der Waals surface area contributed by atoms with Crippen LogP contribution in [0.15, 0.2) is 47.6 Å². The summed E-state index contributed by atoms with van der Waals surface area (Å²) in [5.74, 6) is -3.69. The van der Waals surface area contributed by atoms with E-state index in [4.69, 9.17) is 14.3 Å². The number of esters is 2. The second-order valence-electron chi connectivity index (χ2n) is 11.3. The number of aromatic hydroxyl groups is 1. The van der Waals surface area contributed by atoms with Crippen LogP contribution in [0.1, 0.15) is 48.3 Å². The van der Waals surface area contributed by atoms with Crippen molar-refractivity contribution in [3.63, 3.8) is 0 Å². The number of carbonyl (C=O) groups excluding carboxylic acids is 2. The molecule has 9 heteroatoms. The molecule has 2 aromatic rings. The first-order valence-electron chi connectivity index (χ1n) is 13.2. The Morgan fingerprint density at radius 2 is 1.68 bits per heavy atom. The van der Waals surface area contributed by atoms with Gasteiger partial charge in [0.25, 0.3) is 0 Å². The lowest BCUT2D eigenvalue weighted by Crippen LogP contribution is -2.51. The van der Waals surface area contributed by atoms with Crippen molar-refractivity contribution >= 4 is 25.7 Å². The van der Waals surface area contributed by atoms with E-state index in [0.29, 0.717) is 25.2 Å². The third kappa shape index (κ3) is 6.26. The maximum Gasteiger partial charge on any atom is 0.310 e.